The van der Waals surface area contributed by atoms with Gasteiger partial charge >= 0.3 is 0 Å². The molecule has 0 unspecified atom stereocenters. The van der Waals surface area contributed by atoms with E-state index >= 15 is 0 Å². The number of benzene rings is 1. The second-order valence-corrected chi connectivity index (χ2v) is 4.96. The van der Waals surface area contributed by atoms with Crippen molar-refractivity contribution in [1.29, 1.82) is 5.26 Å². The maximum absolute atomic E-state index is 9.01. The van der Waals surface area contributed by atoms with Crippen molar-refractivity contribution in [3.63, 3.8) is 0 Å². The molecule has 0 heterocycles. The molecule has 0 fully saturated rings. The van der Waals surface area contributed by atoms with Gasteiger partial charge in [0.25, 0.3) is 0 Å². The van der Waals surface area contributed by atoms with Gasteiger partial charge in [-0.3, -0.25) is 0 Å². The zero-order chi connectivity index (χ0) is 13.2. The summed E-state index contributed by atoms with van der Waals surface area (Å²) in [6, 6.07) is 7.85. The number of hydrogen-bond acceptors (Lipinski definition) is 3. The summed E-state index contributed by atoms with van der Waals surface area (Å²) in [7, 11) is 0. The van der Waals surface area contributed by atoms with Crippen molar-refractivity contribution in [3.05, 3.63) is 28.2 Å². The number of nitrogens with zero attached hydrogens (tertiary/aromatic N) is 1. The molecule has 0 aromatic heterocycles. The van der Waals surface area contributed by atoms with Crippen LogP contribution in [0.2, 0.25) is 0 Å². The zero-order valence-corrected chi connectivity index (χ0v) is 12.3. The number of hydrogen-bond donors (Lipinski definition) is 1. The molecule has 0 atom stereocenters. The Morgan fingerprint density at radius 2 is 2.11 bits per heavy atom. The van der Waals surface area contributed by atoms with Crippen molar-refractivity contribution in [2.75, 3.05) is 25.1 Å². The lowest BCUT2D eigenvalue weighted by Gasteiger charge is -2.08. The molecule has 98 valence electrons. The summed E-state index contributed by atoms with van der Waals surface area (Å²) in [6.45, 7) is 4.59. The first-order valence-electron chi connectivity index (χ1n) is 6.29. The molecule has 1 aromatic rings. The van der Waals surface area contributed by atoms with E-state index in [4.69, 9.17) is 10.00 Å². The van der Waals surface area contributed by atoms with Crippen molar-refractivity contribution in [2.45, 2.75) is 26.2 Å². The normalized spacial score (nSPS) is 10.1. The average Bonchev–Trinajstić information content (AvgIpc) is 2.39. The molecule has 0 aliphatic rings. The summed E-state index contributed by atoms with van der Waals surface area (Å²) >= 11 is 3.36. The predicted octanol–water partition coefficient (Wildman–Crippen LogP) is 3.94. The van der Waals surface area contributed by atoms with Gasteiger partial charge in [0.1, 0.15) is 6.07 Å². The Hall–Kier alpha value is -1.05. The average molecular weight is 311 g/mol. The lowest BCUT2D eigenvalue weighted by atomic mass is 10.2. The maximum atomic E-state index is 9.01. The summed E-state index contributed by atoms with van der Waals surface area (Å²) in [6.07, 6.45) is 3.24. The van der Waals surface area contributed by atoms with E-state index in [0.717, 1.165) is 42.8 Å². The van der Waals surface area contributed by atoms with Crippen molar-refractivity contribution >= 4 is 21.6 Å². The van der Waals surface area contributed by atoms with Crippen LogP contribution in [-0.2, 0) is 4.74 Å². The standard InChI is InChI=1S/C14H19BrN2O/c1-2-3-8-18-9-4-7-17-14-6-5-13(15)10-12(14)11-16/h5-6,10,17H,2-4,7-9H2,1H3. The van der Waals surface area contributed by atoms with Gasteiger partial charge in [-0.1, -0.05) is 29.3 Å². The van der Waals surface area contributed by atoms with Crippen LogP contribution in [0.25, 0.3) is 0 Å². The Bertz CT molecular complexity index is 401. The van der Waals surface area contributed by atoms with Crippen molar-refractivity contribution in [2.24, 2.45) is 0 Å². The van der Waals surface area contributed by atoms with E-state index in [0.29, 0.717) is 5.56 Å². The smallest absolute Gasteiger partial charge is 0.101 e. The van der Waals surface area contributed by atoms with Crippen molar-refractivity contribution < 1.29 is 4.74 Å². The summed E-state index contributed by atoms with van der Waals surface area (Å²) in [5.74, 6) is 0. The second kappa shape index (κ2) is 8.96. The number of nitrogens with one attached hydrogen (secondary N) is 1. The number of nitriles is 1. The first-order valence-corrected chi connectivity index (χ1v) is 7.08. The lowest BCUT2D eigenvalue weighted by molar-refractivity contribution is 0.131. The zero-order valence-electron chi connectivity index (χ0n) is 10.7. The molecule has 0 amide bonds. The minimum absolute atomic E-state index is 0.663. The van der Waals surface area contributed by atoms with Crippen LogP contribution in [0.5, 0.6) is 0 Å². The van der Waals surface area contributed by atoms with Crippen LogP contribution in [0.3, 0.4) is 0 Å². The first kappa shape index (κ1) is 15.0. The fourth-order valence-corrected chi connectivity index (χ4v) is 1.87. The molecule has 4 heteroatoms. The molecule has 1 aromatic carbocycles. The van der Waals surface area contributed by atoms with Crippen LogP contribution < -0.4 is 5.32 Å². The third-order valence-electron chi connectivity index (χ3n) is 2.53. The van der Waals surface area contributed by atoms with E-state index in [2.05, 4.69) is 34.2 Å². The van der Waals surface area contributed by atoms with Gasteiger partial charge in [-0.05, 0) is 31.0 Å². The molecular weight excluding hydrogens is 292 g/mol. The molecule has 1 N–H and O–H groups in total. The highest BCUT2D eigenvalue weighted by molar-refractivity contribution is 9.10. The van der Waals surface area contributed by atoms with Crippen molar-refractivity contribution in [1.82, 2.24) is 0 Å². The Morgan fingerprint density at radius 1 is 1.33 bits per heavy atom. The van der Waals surface area contributed by atoms with E-state index < -0.39 is 0 Å². The van der Waals surface area contributed by atoms with Gasteiger partial charge in [-0.2, -0.15) is 5.26 Å². The van der Waals surface area contributed by atoms with E-state index in [1.54, 1.807) is 0 Å². The van der Waals surface area contributed by atoms with E-state index in [9.17, 15) is 0 Å². The highest BCUT2D eigenvalue weighted by Crippen LogP contribution is 2.20. The van der Waals surface area contributed by atoms with Gasteiger partial charge in [0.15, 0.2) is 0 Å². The fourth-order valence-electron chi connectivity index (χ4n) is 1.51. The Kier molecular flexibility index (Phi) is 7.47. The molecular formula is C14H19BrN2O. The van der Waals surface area contributed by atoms with Crippen LogP contribution >= 0.6 is 15.9 Å². The van der Waals surface area contributed by atoms with Crippen LogP contribution in [0.15, 0.2) is 22.7 Å². The quantitative estimate of drug-likeness (QED) is 0.740. The van der Waals surface area contributed by atoms with Gasteiger partial charge in [-0.15, -0.1) is 0 Å². The van der Waals surface area contributed by atoms with Crippen LogP contribution in [0, 0.1) is 11.3 Å². The number of anilines is 1. The minimum atomic E-state index is 0.663. The summed E-state index contributed by atoms with van der Waals surface area (Å²) in [5, 5.41) is 12.3. The molecule has 0 saturated heterocycles. The lowest BCUT2D eigenvalue weighted by Crippen LogP contribution is -2.07. The Balaban J connectivity index is 2.25. The number of halogens is 1. The molecule has 0 saturated carbocycles. The summed E-state index contributed by atoms with van der Waals surface area (Å²) < 4.78 is 6.40. The fraction of sp³-hybridized carbons (Fsp3) is 0.500. The monoisotopic (exact) mass is 310 g/mol. The molecule has 0 spiro atoms. The van der Waals surface area contributed by atoms with Crippen LogP contribution in [0.1, 0.15) is 31.7 Å². The number of unbranched alkanes of at least 4 members (excludes halogenated alkanes) is 1. The van der Waals surface area contributed by atoms with Crippen LogP contribution in [0.4, 0.5) is 5.69 Å². The van der Waals surface area contributed by atoms with E-state index in [1.165, 1.54) is 6.42 Å². The second-order valence-electron chi connectivity index (χ2n) is 4.05. The third kappa shape index (κ3) is 5.52. The maximum Gasteiger partial charge on any atom is 0.101 e. The van der Waals surface area contributed by atoms with Gasteiger partial charge in [-0.25, -0.2) is 0 Å². The number of rotatable bonds is 8. The van der Waals surface area contributed by atoms with Gasteiger partial charge in [0, 0.05) is 24.2 Å². The van der Waals surface area contributed by atoms with E-state index in [-0.39, 0.29) is 0 Å². The molecule has 0 bridgehead atoms. The number of ether oxygens (including phenoxy) is 1. The SMILES string of the molecule is CCCCOCCCNc1ccc(Br)cc1C#N. The largest absolute Gasteiger partial charge is 0.384 e. The first-order chi connectivity index (χ1) is 8.77. The summed E-state index contributed by atoms with van der Waals surface area (Å²) in [4.78, 5) is 0. The van der Waals surface area contributed by atoms with Gasteiger partial charge < -0.3 is 10.1 Å². The highest BCUT2D eigenvalue weighted by atomic mass is 79.9. The molecule has 3 nitrogen and oxygen atoms in total. The van der Waals surface area contributed by atoms with Gasteiger partial charge in [0.2, 0.25) is 0 Å². The Morgan fingerprint density at radius 3 is 2.83 bits per heavy atom. The molecule has 0 aliphatic heterocycles. The predicted molar refractivity (Wildman–Crippen MR) is 77.7 cm³/mol. The molecule has 1 rings (SSSR count). The van der Waals surface area contributed by atoms with Gasteiger partial charge in [0.05, 0.1) is 11.3 Å². The third-order valence-corrected chi connectivity index (χ3v) is 3.02. The summed E-state index contributed by atoms with van der Waals surface area (Å²) in [5.41, 5.74) is 1.55. The minimum Gasteiger partial charge on any atom is -0.384 e. The molecule has 0 radical (unpaired) electrons. The van der Waals surface area contributed by atoms with Crippen molar-refractivity contribution in [3.8, 4) is 6.07 Å². The molecule has 0 aliphatic carbocycles. The highest BCUT2D eigenvalue weighted by Gasteiger charge is 2.01. The Labute approximate surface area is 117 Å². The van der Waals surface area contributed by atoms with Crippen LogP contribution in [-0.4, -0.2) is 19.8 Å². The van der Waals surface area contributed by atoms with E-state index in [1.807, 2.05) is 18.2 Å². The molecule has 18 heavy (non-hydrogen) atoms. The topological polar surface area (TPSA) is 45.0 Å².